The third-order valence-corrected chi connectivity index (χ3v) is 3.29. The van der Waals surface area contributed by atoms with E-state index in [9.17, 15) is 9.90 Å². The summed E-state index contributed by atoms with van der Waals surface area (Å²) in [5.41, 5.74) is 0.489. The molecule has 0 heterocycles. The molecule has 0 bridgehead atoms. The first kappa shape index (κ1) is 16.5. The molecule has 3 N–H and O–H groups in total. The number of hydrogen-bond acceptors (Lipinski definition) is 3. The highest BCUT2D eigenvalue weighted by Gasteiger charge is 2.16. The van der Waals surface area contributed by atoms with Gasteiger partial charge in [-0.15, -0.1) is 0 Å². The van der Waals surface area contributed by atoms with Gasteiger partial charge < -0.3 is 15.5 Å². The zero-order valence-electron chi connectivity index (χ0n) is 12.1. The lowest BCUT2D eigenvalue weighted by molar-refractivity contribution is -0.129. The lowest BCUT2D eigenvalue weighted by Gasteiger charge is -2.11. The van der Waals surface area contributed by atoms with Gasteiger partial charge in [0.25, 0.3) is 5.91 Å². The van der Waals surface area contributed by atoms with E-state index in [1.54, 1.807) is 12.1 Å². The molecule has 0 aliphatic heterocycles. The van der Waals surface area contributed by atoms with Crippen molar-refractivity contribution >= 4 is 5.91 Å². The molecule has 20 heavy (non-hydrogen) atoms. The molecule has 1 unspecified atom stereocenters. The highest BCUT2D eigenvalue weighted by atomic mass is 16.3. The van der Waals surface area contributed by atoms with Crippen LogP contribution in [0.5, 0.6) is 5.75 Å². The quantitative estimate of drug-likeness (QED) is 0.609. The summed E-state index contributed by atoms with van der Waals surface area (Å²) in [7, 11) is 0. The second kappa shape index (κ2) is 9.37. The van der Waals surface area contributed by atoms with Gasteiger partial charge in [-0.05, 0) is 24.1 Å². The monoisotopic (exact) mass is 279 g/mol. The summed E-state index contributed by atoms with van der Waals surface area (Å²) >= 11 is 0. The number of aliphatic hydroxyl groups is 1. The Bertz CT molecular complexity index is 389. The van der Waals surface area contributed by atoms with Gasteiger partial charge in [0.2, 0.25) is 0 Å². The number of benzene rings is 1. The molecule has 112 valence electrons. The Morgan fingerprint density at radius 1 is 1.10 bits per heavy atom. The fraction of sp³-hybridized carbons (Fsp3) is 0.562. The van der Waals surface area contributed by atoms with Gasteiger partial charge in [0.1, 0.15) is 5.75 Å². The van der Waals surface area contributed by atoms with Crippen LogP contribution in [0.25, 0.3) is 0 Å². The average molecular weight is 279 g/mol. The zero-order chi connectivity index (χ0) is 14.8. The summed E-state index contributed by atoms with van der Waals surface area (Å²) in [6.45, 7) is 2.78. The van der Waals surface area contributed by atoms with Gasteiger partial charge in [0, 0.05) is 6.54 Å². The van der Waals surface area contributed by atoms with Gasteiger partial charge in [-0.25, -0.2) is 0 Å². The Morgan fingerprint density at radius 3 is 2.35 bits per heavy atom. The van der Waals surface area contributed by atoms with Crippen molar-refractivity contribution in [3.63, 3.8) is 0 Å². The lowest BCUT2D eigenvalue weighted by Crippen LogP contribution is -2.30. The molecule has 0 spiro atoms. The molecule has 0 saturated heterocycles. The maximum absolute atomic E-state index is 11.7. The van der Waals surface area contributed by atoms with E-state index in [0.29, 0.717) is 12.1 Å². The van der Waals surface area contributed by atoms with E-state index in [-0.39, 0.29) is 11.7 Å². The van der Waals surface area contributed by atoms with Gasteiger partial charge in [0.15, 0.2) is 6.10 Å². The van der Waals surface area contributed by atoms with Crippen LogP contribution in [0.15, 0.2) is 24.3 Å². The third-order valence-electron chi connectivity index (χ3n) is 3.29. The van der Waals surface area contributed by atoms with Crippen LogP contribution in [0.4, 0.5) is 0 Å². The number of nitrogens with one attached hydrogen (secondary N) is 1. The Balaban J connectivity index is 2.20. The number of phenolic OH excluding ortho intramolecular Hbond substituents is 1. The number of phenols is 1. The predicted molar refractivity (Wildman–Crippen MR) is 79.5 cm³/mol. The van der Waals surface area contributed by atoms with Crippen molar-refractivity contribution in [1.82, 2.24) is 5.32 Å². The first-order valence-electron chi connectivity index (χ1n) is 7.40. The molecular weight excluding hydrogens is 254 g/mol. The van der Waals surface area contributed by atoms with Gasteiger partial charge >= 0.3 is 0 Å². The van der Waals surface area contributed by atoms with Crippen molar-refractivity contribution in [3.8, 4) is 5.75 Å². The number of rotatable bonds is 9. The third kappa shape index (κ3) is 6.06. The Labute approximate surface area is 120 Å². The van der Waals surface area contributed by atoms with Crippen LogP contribution in [0.2, 0.25) is 0 Å². The number of unbranched alkanes of at least 4 members (excludes halogenated alkanes) is 5. The second-order valence-electron chi connectivity index (χ2n) is 5.05. The minimum atomic E-state index is -1.17. The molecule has 0 fully saturated rings. The highest BCUT2D eigenvalue weighted by molar-refractivity contribution is 5.81. The molecule has 0 aromatic heterocycles. The molecule has 0 aliphatic rings. The molecule has 1 aromatic carbocycles. The fourth-order valence-electron chi connectivity index (χ4n) is 2.02. The van der Waals surface area contributed by atoms with E-state index in [1.807, 2.05) is 0 Å². The van der Waals surface area contributed by atoms with E-state index in [1.165, 1.54) is 37.8 Å². The Kier molecular flexibility index (Phi) is 7.73. The number of aromatic hydroxyl groups is 1. The summed E-state index contributed by atoms with van der Waals surface area (Å²) in [4.78, 5) is 11.7. The number of carbonyl (C=O) groups is 1. The van der Waals surface area contributed by atoms with Gasteiger partial charge in [-0.3, -0.25) is 4.79 Å². The first-order valence-corrected chi connectivity index (χ1v) is 7.40. The minimum absolute atomic E-state index is 0.119. The van der Waals surface area contributed by atoms with Crippen molar-refractivity contribution in [2.45, 2.75) is 51.6 Å². The highest BCUT2D eigenvalue weighted by Crippen LogP contribution is 2.16. The van der Waals surface area contributed by atoms with Crippen molar-refractivity contribution in [3.05, 3.63) is 29.8 Å². The molecule has 1 atom stereocenters. The van der Waals surface area contributed by atoms with Crippen LogP contribution in [0.1, 0.15) is 57.1 Å². The van der Waals surface area contributed by atoms with E-state index < -0.39 is 6.10 Å². The number of aliphatic hydroxyl groups excluding tert-OH is 1. The maximum Gasteiger partial charge on any atom is 0.253 e. The summed E-state index contributed by atoms with van der Waals surface area (Å²) in [5, 5.41) is 21.8. The molecule has 4 heteroatoms. The van der Waals surface area contributed by atoms with Gasteiger partial charge in [-0.2, -0.15) is 0 Å². The fourth-order valence-corrected chi connectivity index (χ4v) is 2.02. The standard InChI is InChI=1S/C16H25NO3/c1-2-3-4-5-6-7-12-17-16(20)15(19)13-8-10-14(18)11-9-13/h8-11,15,18-19H,2-7,12H2,1H3,(H,17,20). The smallest absolute Gasteiger partial charge is 0.253 e. The summed E-state index contributed by atoms with van der Waals surface area (Å²) in [5.74, 6) is -0.266. The van der Waals surface area contributed by atoms with Crippen molar-refractivity contribution in [1.29, 1.82) is 0 Å². The Hall–Kier alpha value is -1.55. The van der Waals surface area contributed by atoms with Crippen LogP contribution in [0.3, 0.4) is 0 Å². The maximum atomic E-state index is 11.7. The predicted octanol–water partition coefficient (Wildman–Crippen LogP) is 2.90. The molecule has 0 aliphatic carbocycles. The van der Waals surface area contributed by atoms with Crippen molar-refractivity contribution in [2.24, 2.45) is 0 Å². The first-order chi connectivity index (χ1) is 9.65. The largest absolute Gasteiger partial charge is 0.508 e. The normalized spacial score (nSPS) is 12.1. The van der Waals surface area contributed by atoms with E-state index in [2.05, 4.69) is 12.2 Å². The van der Waals surface area contributed by atoms with E-state index in [0.717, 1.165) is 12.8 Å². The van der Waals surface area contributed by atoms with Gasteiger partial charge in [0.05, 0.1) is 0 Å². The van der Waals surface area contributed by atoms with Crippen LogP contribution in [-0.4, -0.2) is 22.7 Å². The zero-order valence-corrected chi connectivity index (χ0v) is 12.1. The number of amides is 1. The molecule has 1 aromatic rings. The molecule has 0 saturated carbocycles. The van der Waals surface area contributed by atoms with E-state index in [4.69, 9.17) is 5.11 Å². The van der Waals surface area contributed by atoms with E-state index >= 15 is 0 Å². The van der Waals surface area contributed by atoms with Crippen LogP contribution < -0.4 is 5.32 Å². The number of hydrogen-bond donors (Lipinski definition) is 3. The van der Waals surface area contributed by atoms with Crippen molar-refractivity contribution in [2.75, 3.05) is 6.54 Å². The van der Waals surface area contributed by atoms with Crippen LogP contribution in [0, 0.1) is 0 Å². The van der Waals surface area contributed by atoms with Crippen LogP contribution in [-0.2, 0) is 4.79 Å². The second-order valence-corrected chi connectivity index (χ2v) is 5.05. The minimum Gasteiger partial charge on any atom is -0.508 e. The average Bonchev–Trinajstić information content (AvgIpc) is 2.46. The molecule has 0 radical (unpaired) electrons. The Morgan fingerprint density at radius 2 is 1.70 bits per heavy atom. The van der Waals surface area contributed by atoms with Crippen LogP contribution >= 0.6 is 0 Å². The molecule has 1 rings (SSSR count). The summed E-state index contributed by atoms with van der Waals surface area (Å²) < 4.78 is 0. The topological polar surface area (TPSA) is 69.6 Å². The molecule has 4 nitrogen and oxygen atoms in total. The number of carbonyl (C=O) groups excluding carboxylic acids is 1. The molecular formula is C16H25NO3. The SMILES string of the molecule is CCCCCCCCNC(=O)C(O)c1ccc(O)cc1. The molecule has 1 amide bonds. The summed E-state index contributed by atoms with van der Waals surface area (Å²) in [6.07, 6.45) is 5.83. The van der Waals surface area contributed by atoms with Gasteiger partial charge in [-0.1, -0.05) is 51.2 Å². The van der Waals surface area contributed by atoms with Crippen molar-refractivity contribution < 1.29 is 15.0 Å². The lowest BCUT2D eigenvalue weighted by atomic mass is 10.1. The summed E-state index contributed by atoms with van der Waals surface area (Å²) in [6, 6.07) is 6.01.